The first-order valence-electron chi connectivity index (χ1n) is 11.2. The maximum absolute atomic E-state index is 13.4. The van der Waals surface area contributed by atoms with Crippen LogP contribution in [0.2, 0.25) is 0 Å². The van der Waals surface area contributed by atoms with Crippen LogP contribution in [-0.4, -0.2) is 74.7 Å². The topological polar surface area (TPSA) is 68.3 Å². The zero-order valence-corrected chi connectivity index (χ0v) is 19.0. The number of rotatable bonds is 8. The third kappa shape index (κ3) is 5.63. The Morgan fingerprint density at radius 1 is 1.03 bits per heavy atom. The molecule has 1 saturated heterocycles. The van der Waals surface area contributed by atoms with Gasteiger partial charge in [0.25, 0.3) is 11.8 Å². The highest BCUT2D eigenvalue weighted by Gasteiger charge is 2.32. The van der Waals surface area contributed by atoms with Crippen molar-refractivity contribution in [2.45, 2.75) is 18.9 Å². The summed E-state index contributed by atoms with van der Waals surface area (Å²) in [5.74, 6) is 0.912. The van der Waals surface area contributed by atoms with Crippen molar-refractivity contribution in [2.24, 2.45) is 5.92 Å². The average Bonchev–Trinajstić information content (AvgIpc) is 3.67. The highest BCUT2D eigenvalue weighted by atomic mass is 19.1. The smallest absolute Gasteiger partial charge is 0.254 e. The molecule has 176 valence electrons. The number of benzene rings is 2. The number of carbonyl (C=O) groups is 2. The molecule has 1 saturated carbocycles. The zero-order chi connectivity index (χ0) is 23.4. The quantitative estimate of drug-likeness (QED) is 0.610. The molecule has 0 bridgehead atoms. The van der Waals surface area contributed by atoms with Crippen LogP contribution in [0.1, 0.15) is 33.6 Å². The van der Waals surface area contributed by atoms with E-state index < -0.39 is 0 Å². The van der Waals surface area contributed by atoms with Gasteiger partial charge in [-0.3, -0.25) is 9.59 Å². The van der Waals surface area contributed by atoms with Crippen LogP contribution in [0.25, 0.3) is 0 Å². The summed E-state index contributed by atoms with van der Waals surface area (Å²) in [6.45, 7) is 2.25. The van der Waals surface area contributed by atoms with E-state index in [1.807, 2.05) is 4.90 Å². The predicted octanol–water partition coefficient (Wildman–Crippen LogP) is 3.24. The second-order valence-corrected chi connectivity index (χ2v) is 8.47. The lowest BCUT2D eigenvalue weighted by atomic mass is 10.1. The predicted molar refractivity (Wildman–Crippen MR) is 120 cm³/mol. The Kier molecular flexibility index (Phi) is 7.13. The normalized spacial score (nSPS) is 18.0. The molecule has 0 aromatic heterocycles. The van der Waals surface area contributed by atoms with E-state index in [-0.39, 0.29) is 23.7 Å². The second-order valence-electron chi connectivity index (χ2n) is 8.47. The lowest BCUT2D eigenvalue weighted by molar-refractivity contribution is -0.0335. The molecule has 4 rings (SSSR count). The van der Waals surface area contributed by atoms with E-state index in [4.69, 9.17) is 14.2 Å². The van der Waals surface area contributed by atoms with E-state index in [2.05, 4.69) is 0 Å². The SMILES string of the molecule is COc1ccc(C(=O)N(CC2CC2)CC2CN(C(=O)c3ccc(F)cc3)CCO2)cc1OC. The van der Waals surface area contributed by atoms with E-state index in [1.165, 1.54) is 31.4 Å². The summed E-state index contributed by atoms with van der Waals surface area (Å²) in [5.41, 5.74) is 0.955. The molecule has 1 unspecified atom stereocenters. The fourth-order valence-electron chi connectivity index (χ4n) is 4.04. The molecule has 1 aliphatic heterocycles. The molecule has 2 aliphatic rings. The second kappa shape index (κ2) is 10.2. The summed E-state index contributed by atoms with van der Waals surface area (Å²) >= 11 is 0. The van der Waals surface area contributed by atoms with Crippen molar-refractivity contribution in [1.82, 2.24) is 9.80 Å². The molecule has 1 aliphatic carbocycles. The summed E-state index contributed by atoms with van der Waals surface area (Å²) in [6, 6.07) is 10.7. The third-order valence-electron chi connectivity index (χ3n) is 6.03. The third-order valence-corrected chi connectivity index (χ3v) is 6.03. The van der Waals surface area contributed by atoms with E-state index in [0.29, 0.717) is 61.3 Å². The van der Waals surface area contributed by atoms with Gasteiger partial charge in [-0.2, -0.15) is 0 Å². The van der Waals surface area contributed by atoms with Crippen LogP contribution in [0.4, 0.5) is 4.39 Å². The van der Waals surface area contributed by atoms with Crippen LogP contribution in [0.15, 0.2) is 42.5 Å². The molecule has 2 aromatic carbocycles. The highest BCUT2D eigenvalue weighted by Crippen LogP contribution is 2.32. The molecule has 1 heterocycles. The van der Waals surface area contributed by atoms with Crippen LogP contribution >= 0.6 is 0 Å². The number of methoxy groups -OCH3 is 2. The molecule has 0 spiro atoms. The Morgan fingerprint density at radius 2 is 1.73 bits per heavy atom. The number of nitrogens with zero attached hydrogens (tertiary/aromatic N) is 2. The molecule has 2 fully saturated rings. The summed E-state index contributed by atoms with van der Waals surface area (Å²) in [4.78, 5) is 29.8. The van der Waals surface area contributed by atoms with Crippen LogP contribution in [0.3, 0.4) is 0 Å². The fourth-order valence-corrected chi connectivity index (χ4v) is 4.04. The van der Waals surface area contributed by atoms with Crippen LogP contribution in [-0.2, 0) is 4.74 Å². The number of amides is 2. The Morgan fingerprint density at radius 3 is 2.39 bits per heavy atom. The van der Waals surface area contributed by atoms with Crippen molar-refractivity contribution in [3.05, 3.63) is 59.4 Å². The van der Waals surface area contributed by atoms with E-state index in [1.54, 1.807) is 30.2 Å². The fraction of sp³-hybridized carbons (Fsp3) is 0.440. The minimum atomic E-state index is -0.379. The van der Waals surface area contributed by atoms with Gasteiger partial charge < -0.3 is 24.0 Å². The Hall–Kier alpha value is -3.13. The first kappa shape index (κ1) is 23.0. The monoisotopic (exact) mass is 456 g/mol. The number of morpholine rings is 1. The van der Waals surface area contributed by atoms with Crippen LogP contribution < -0.4 is 9.47 Å². The summed E-state index contributed by atoms with van der Waals surface area (Å²) in [5, 5.41) is 0. The molecule has 0 radical (unpaired) electrons. The number of hydrogen-bond acceptors (Lipinski definition) is 5. The van der Waals surface area contributed by atoms with Gasteiger partial charge in [-0.25, -0.2) is 4.39 Å². The van der Waals surface area contributed by atoms with E-state index in [0.717, 1.165) is 12.8 Å². The van der Waals surface area contributed by atoms with Crippen LogP contribution in [0, 0.1) is 11.7 Å². The molecule has 33 heavy (non-hydrogen) atoms. The Labute approximate surface area is 193 Å². The van der Waals surface area contributed by atoms with Gasteiger partial charge in [0.05, 0.1) is 26.9 Å². The average molecular weight is 457 g/mol. The lowest BCUT2D eigenvalue weighted by Gasteiger charge is -2.36. The van der Waals surface area contributed by atoms with Crippen molar-refractivity contribution in [3.8, 4) is 11.5 Å². The van der Waals surface area contributed by atoms with Crippen molar-refractivity contribution >= 4 is 11.8 Å². The molecular formula is C25H29FN2O5. The molecule has 7 nitrogen and oxygen atoms in total. The van der Waals surface area contributed by atoms with Gasteiger partial charge in [-0.15, -0.1) is 0 Å². The largest absolute Gasteiger partial charge is 0.493 e. The van der Waals surface area contributed by atoms with Gasteiger partial charge >= 0.3 is 0 Å². The molecule has 2 amide bonds. The van der Waals surface area contributed by atoms with Gasteiger partial charge in [-0.1, -0.05) is 0 Å². The van der Waals surface area contributed by atoms with Crippen molar-refractivity contribution in [1.29, 1.82) is 0 Å². The number of ether oxygens (including phenoxy) is 3. The Bertz CT molecular complexity index is 993. The van der Waals surface area contributed by atoms with Crippen molar-refractivity contribution < 1.29 is 28.2 Å². The zero-order valence-electron chi connectivity index (χ0n) is 19.0. The number of hydrogen-bond donors (Lipinski definition) is 0. The first-order chi connectivity index (χ1) is 16.0. The maximum atomic E-state index is 13.4. The summed E-state index contributed by atoms with van der Waals surface area (Å²) in [6.07, 6.45) is 1.92. The minimum Gasteiger partial charge on any atom is -0.493 e. The van der Waals surface area contributed by atoms with Crippen LogP contribution in [0.5, 0.6) is 11.5 Å². The number of halogens is 1. The van der Waals surface area contributed by atoms with Crippen molar-refractivity contribution in [2.75, 3.05) is 47.0 Å². The molecule has 2 aromatic rings. The van der Waals surface area contributed by atoms with Gasteiger partial charge in [0.15, 0.2) is 11.5 Å². The number of carbonyl (C=O) groups excluding carboxylic acids is 2. The molecule has 0 N–H and O–H groups in total. The minimum absolute atomic E-state index is 0.103. The maximum Gasteiger partial charge on any atom is 0.254 e. The Balaban J connectivity index is 1.46. The van der Waals surface area contributed by atoms with Gasteiger partial charge in [-0.05, 0) is 61.2 Å². The lowest BCUT2D eigenvalue weighted by Crippen LogP contribution is -2.51. The summed E-state index contributed by atoms with van der Waals surface area (Å²) < 4.78 is 29.8. The molecular weight excluding hydrogens is 427 g/mol. The highest BCUT2D eigenvalue weighted by molar-refractivity contribution is 5.95. The summed E-state index contributed by atoms with van der Waals surface area (Å²) in [7, 11) is 3.09. The standard InChI is InChI=1S/C25H29FN2O5/c1-31-22-10-7-19(13-23(22)32-2)25(30)28(14-17-3-4-17)16-21-15-27(11-12-33-21)24(29)18-5-8-20(26)9-6-18/h5-10,13,17,21H,3-4,11-12,14-16H2,1-2H3. The van der Waals surface area contributed by atoms with Gasteiger partial charge in [0.2, 0.25) is 0 Å². The van der Waals surface area contributed by atoms with E-state index in [9.17, 15) is 14.0 Å². The molecule has 8 heteroatoms. The van der Waals surface area contributed by atoms with E-state index >= 15 is 0 Å². The first-order valence-corrected chi connectivity index (χ1v) is 11.2. The van der Waals surface area contributed by atoms with Gasteiger partial charge in [0.1, 0.15) is 5.82 Å². The van der Waals surface area contributed by atoms with Crippen molar-refractivity contribution in [3.63, 3.8) is 0 Å². The molecule has 1 atom stereocenters. The van der Waals surface area contributed by atoms with Gasteiger partial charge in [0, 0.05) is 37.3 Å².